The van der Waals surface area contributed by atoms with Crippen molar-refractivity contribution >= 4 is 66.4 Å². The molecule has 0 bridgehead atoms. The Bertz CT molecular complexity index is 4550. The molecule has 0 atom stereocenters. The van der Waals surface area contributed by atoms with Crippen LogP contribution in [0.2, 0.25) is 0 Å². The van der Waals surface area contributed by atoms with Crippen LogP contribution < -0.4 is 0 Å². The molecule has 0 spiro atoms. The van der Waals surface area contributed by atoms with Gasteiger partial charge in [-0.15, -0.1) is 0 Å². The van der Waals surface area contributed by atoms with Gasteiger partial charge in [-0.05, 0) is 137 Å². The standard InChI is InChI=1S/C63H30N10/c1-37-24-38(33-64)14-19-47(37)40-15-21-61(73-58-13-9-7-11-49(58)52-30-42(17-23-60(52)73)63-44(36-67)27-45(68-2)31-56(63)71-5)53(28-40)50-32-46(18-20-54(50)69-3)72-57-12-8-6-10-48(57)51-29-41(16-22-59(51)72)62-43(35-66)25-39(34-65)26-55(62)70-4/h6-32H,1H3. The highest BCUT2D eigenvalue weighted by Crippen LogP contribution is 2.46. The van der Waals surface area contributed by atoms with Gasteiger partial charge in [-0.1, -0.05) is 72.8 Å². The molecule has 2 heterocycles. The van der Waals surface area contributed by atoms with Gasteiger partial charge in [0.05, 0.1) is 89.4 Å². The van der Waals surface area contributed by atoms with Crippen LogP contribution >= 0.6 is 0 Å². The minimum Gasteiger partial charge on any atom is -0.309 e. The van der Waals surface area contributed by atoms with E-state index in [1.165, 1.54) is 24.3 Å². The molecule has 0 N–H and O–H groups in total. The van der Waals surface area contributed by atoms with Crippen molar-refractivity contribution in [2.24, 2.45) is 0 Å². The summed E-state index contributed by atoms with van der Waals surface area (Å²) in [6.07, 6.45) is 0. The highest BCUT2D eigenvalue weighted by molar-refractivity contribution is 6.13. The van der Waals surface area contributed by atoms with E-state index in [-0.39, 0.29) is 33.8 Å². The monoisotopic (exact) mass is 926 g/mol. The van der Waals surface area contributed by atoms with Crippen LogP contribution in [-0.2, 0) is 0 Å². The molecule has 0 unspecified atom stereocenters. The second-order valence-electron chi connectivity index (χ2n) is 17.3. The molecule has 0 saturated carbocycles. The number of hydrogen-bond donors (Lipinski definition) is 0. The fraction of sp³-hybridized carbons (Fsp3) is 0.0159. The summed E-state index contributed by atoms with van der Waals surface area (Å²) in [5.41, 5.74) is 13.8. The molecule has 0 aliphatic carbocycles. The van der Waals surface area contributed by atoms with Gasteiger partial charge in [0.2, 0.25) is 0 Å². The maximum absolute atomic E-state index is 10.3. The highest BCUT2D eigenvalue weighted by atomic mass is 15.0. The van der Waals surface area contributed by atoms with Crippen molar-refractivity contribution in [3.63, 3.8) is 0 Å². The van der Waals surface area contributed by atoms with Crippen molar-refractivity contribution in [3.8, 4) is 80.2 Å². The zero-order chi connectivity index (χ0) is 50.5. The lowest BCUT2D eigenvalue weighted by atomic mass is 9.93. The van der Waals surface area contributed by atoms with Crippen molar-refractivity contribution < 1.29 is 0 Å². The molecule has 0 aliphatic rings. The van der Waals surface area contributed by atoms with Crippen LogP contribution in [0.25, 0.3) is 119 Å². The molecular formula is C63H30N10. The van der Waals surface area contributed by atoms with Crippen LogP contribution in [-0.4, -0.2) is 9.13 Å². The number of aromatic nitrogens is 2. The van der Waals surface area contributed by atoms with Crippen LogP contribution in [0, 0.1) is 78.5 Å². The van der Waals surface area contributed by atoms with Gasteiger partial charge in [-0.2, -0.15) is 21.0 Å². The number of nitriles is 4. The van der Waals surface area contributed by atoms with Gasteiger partial charge in [0, 0.05) is 49.5 Å². The van der Waals surface area contributed by atoms with Gasteiger partial charge in [-0.3, -0.25) is 0 Å². The number of fused-ring (bicyclic) bond motifs is 6. The molecule has 10 heteroatoms. The minimum absolute atomic E-state index is 0.214. The topological polar surface area (TPSA) is 122 Å². The molecule has 0 amide bonds. The number of benzene rings is 9. The lowest BCUT2D eigenvalue weighted by Crippen LogP contribution is -2.00. The summed E-state index contributed by atoms with van der Waals surface area (Å²) >= 11 is 0. The Labute approximate surface area is 419 Å². The van der Waals surface area contributed by atoms with Crippen molar-refractivity contribution in [1.82, 2.24) is 9.13 Å². The SMILES string of the molecule is [C-]#[N+]c1cc(C#N)c(-c2ccc3c(c2)c2ccccc2n3-c2ccc(-c3ccc(C#N)cc3C)cc2-c2cc(-n3c4ccccc4c4cc(-c5c(C#N)cc(C#N)cc5[N+]#[C-])ccc43)ccc2[N+]#[C-])c([N+]#[C-])c1. The van der Waals surface area contributed by atoms with E-state index >= 15 is 0 Å². The van der Waals surface area contributed by atoms with Gasteiger partial charge in [0.1, 0.15) is 0 Å². The first-order valence-corrected chi connectivity index (χ1v) is 22.7. The zero-order valence-electron chi connectivity index (χ0n) is 38.6. The number of para-hydroxylation sites is 2. The number of hydrogen-bond acceptors (Lipinski definition) is 4. The van der Waals surface area contributed by atoms with Gasteiger partial charge in [-0.25, -0.2) is 19.4 Å². The summed E-state index contributed by atoms with van der Waals surface area (Å²) in [6.45, 7) is 34.1. The minimum atomic E-state index is 0.214. The van der Waals surface area contributed by atoms with Gasteiger partial charge in [0.25, 0.3) is 0 Å². The number of nitrogens with zero attached hydrogens (tertiary/aromatic N) is 10. The third-order valence-corrected chi connectivity index (χ3v) is 13.4. The summed E-state index contributed by atoms with van der Waals surface area (Å²) in [7, 11) is 0. The first-order valence-electron chi connectivity index (χ1n) is 22.7. The number of aryl methyl sites for hydroxylation is 1. The molecule has 0 saturated heterocycles. The molecule has 0 fully saturated rings. The van der Waals surface area contributed by atoms with Crippen LogP contribution in [0.5, 0.6) is 0 Å². The normalized spacial score (nSPS) is 10.7. The van der Waals surface area contributed by atoms with Crippen molar-refractivity contribution in [2.75, 3.05) is 0 Å². The van der Waals surface area contributed by atoms with Crippen LogP contribution in [0.15, 0.2) is 164 Å². The van der Waals surface area contributed by atoms with E-state index in [1.807, 2.05) is 122 Å². The fourth-order valence-corrected chi connectivity index (χ4v) is 10.3. The van der Waals surface area contributed by atoms with E-state index in [4.69, 9.17) is 26.3 Å². The fourth-order valence-electron chi connectivity index (χ4n) is 10.3. The van der Waals surface area contributed by atoms with Gasteiger partial charge >= 0.3 is 0 Å². The van der Waals surface area contributed by atoms with E-state index < -0.39 is 0 Å². The third kappa shape index (κ3) is 7.04. The van der Waals surface area contributed by atoms with Crippen LogP contribution in [0.1, 0.15) is 27.8 Å². The third-order valence-electron chi connectivity index (χ3n) is 13.4. The van der Waals surface area contributed by atoms with Crippen LogP contribution in [0.3, 0.4) is 0 Å². The average molecular weight is 927 g/mol. The highest BCUT2D eigenvalue weighted by Gasteiger charge is 2.23. The predicted molar refractivity (Wildman–Crippen MR) is 286 cm³/mol. The van der Waals surface area contributed by atoms with E-state index in [1.54, 1.807) is 6.07 Å². The predicted octanol–water partition coefficient (Wildman–Crippen LogP) is 16.5. The molecule has 0 radical (unpaired) electrons. The molecule has 9 aromatic carbocycles. The van der Waals surface area contributed by atoms with E-state index in [0.717, 1.165) is 77.2 Å². The molecule has 332 valence electrons. The second kappa shape index (κ2) is 17.5. The lowest BCUT2D eigenvalue weighted by molar-refractivity contribution is 1.17. The second-order valence-corrected chi connectivity index (χ2v) is 17.3. The molecule has 2 aromatic heterocycles. The Morgan fingerprint density at radius 1 is 0.397 bits per heavy atom. The van der Waals surface area contributed by atoms with Crippen molar-refractivity contribution in [2.45, 2.75) is 6.92 Å². The molecule has 73 heavy (non-hydrogen) atoms. The van der Waals surface area contributed by atoms with Gasteiger partial charge in [0.15, 0.2) is 22.7 Å². The molecule has 11 rings (SSSR count). The molecular weight excluding hydrogens is 897 g/mol. The lowest BCUT2D eigenvalue weighted by Gasteiger charge is -2.19. The first-order chi connectivity index (χ1) is 35.7. The Kier molecular flexibility index (Phi) is 10.6. The smallest absolute Gasteiger partial charge is 0.197 e. The summed E-state index contributed by atoms with van der Waals surface area (Å²) in [4.78, 5) is 15.1. The van der Waals surface area contributed by atoms with Gasteiger partial charge < -0.3 is 9.13 Å². The largest absolute Gasteiger partial charge is 0.309 e. The van der Waals surface area contributed by atoms with E-state index in [9.17, 15) is 21.0 Å². The van der Waals surface area contributed by atoms with E-state index in [2.05, 4.69) is 71.0 Å². The summed E-state index contributed by atoms with van der Waals surface area (Å²) in [5.74, 6) is 0. The zero-order valence-corrected chi connectivity index (χ0v) is 38.6. The number of rotatable bonds is 6. The van der Waals surface area contributed by atoms with Crippen LogP contribution in [0.4, 0.5) is 22.7 Å². The van der Waals surface area contributed by atoms with Crippen molar-refractivity contribution in [1.29, 1.82) is 21.0 Å². The summed E-state index contributed by atoms with van der Waals surface area (Å²) in [5, 5.41) is 43.5. The molecule has 10 nitrogen and oxygen atoms in total. The molecule has 0 aliphatic heterocycles. The Morgan fingerprint density at radius 3 is 1.58 bits per heavy atom. The average Bonchev–Trinajstić information content (AvgIpc) is 3.96. The molecule has 11 aromatic rings. The maximum atomic E-state index is 10.3. The Morgan fingerprint density at radius 2 is 0.973 bits per heavy atom. The maximum Gasteiger partial charge on any atom is 0.197 e. The Hall–Kier alpha value is -11.5. The summed E-state index contributed by atoms with van der Waals surface area (Å²) < 4.78 is 4.33. The summed E-state index contributed by atoms with van der Waals surface area (Å²) in [6, 6.07) is 60.2. The van der Waals surface area contributed by atoms with Crippen molar-refractivity contribution in [3.05, 3.63) is 237 Å². The first kappa shape index (κ1) is 44.0. The quantitative estimate of drug-likeness (QED) is 0.154. The Balaban J connectivity index is 1.17. The van der Waals surface area contributed by atoms with E-state index in [0.29, 0.717) is 39.1 Å².